The number of carbonyl (C=O) groups excluding carboxylic acids is 1. The van der Waals surface area contributed by atoms with Gasteiger partial charge in [-0.2, -0.15) is 15.3 Å². The zero-order chi connectivity index (χ0) is 17.0. The molecule has 2 rings (SSSR count). The molecule has 1 fully saturated rings. The fraction of sp³-hybridized carbons (Fsp3) is 0.375. The molecule has 0 saturated carbocycles. The molecule has 1 amide bonds. The maximum absolute atomic E-state index is 12.9. The molecule has 1 aliphatic heterocycles. The van der Waals surface area contributed by atoms with E-state index in [4.69, 9.17) is 0 Å². The minimum absolute atomic E-state index is 0.0204. The largest absolute Gasteiger partial charge is 0.481 e. The first kappa shape index (κ1) is 16.7. The van der Waals surface area contributed by atoms with Crippen LogP contribution in [0.4, 0.5) is 5.69 Å². The fourth-order valence-corrected chi connectivity index (χ4v) is 2.77. The van der Waals surface area contributed by atoms with E-state index in [1.165, 1.54) is 5.12 Å². The Morgan fingerprint density at radius 1 is 1.26 bits per heavy atom. The topological polar surface area (TPSA) is 85.6 Å². The van der Waals surface area contributed by atoms with Gasteiger partial charge in [-0.3, -0.25) is 9.59 Å². The molecule has 1 N–H and O–H groups in total. The fourth-order valence-electron chi connectivity index (χ4n) is 2.77. The van der Waals surface area contributed by atoms with Gasteiger partial charge >= 0.3 is 5.97 Å². The number of anilines is 1. The maximum Gasteiger partial charge on any atom is 0.308 e. The SMILES string of the molecule is C=NN(N=C)c1ccccc1C(=O)N1CC(C(=O)O)CC[C@H]1C. The van der Waals surface area contributed by atoms with E-state index in [2.05, 4.69) is 23.6 Å². The lowest BCUT2D eigenvalue weighted by Gasteiger charge is -2.37. The van der Waals surface area contributed by atoms with Crippen LogP contribution in [0.1, 0.15) is 30.1 Å². The zero-order valence-corrected chi connectivity index (χ0v) is 13.1. The number of benzene rings is 1. The lowest BCUT2D eigenvalue weighted by molar-refractivity contribution is -0.143. The summed E-state index contributed by atoms with van der Waals surface area (Å²) in [5.74, 6) is -1.64. The first-order valence-electron chi connectivity index (χ1n) is 7.35. The Kier molecular flexibility index (Phi) is 5.10. The monoisotopic (exact) mass is 316 g/mol. The van der Waals surface area contributed by atoms with Crippen molar-refractivity contribution in [2.24, 2.45) is 16.1 Å². The number of nitrogens with zero attached hydrogens (tertiary/aromatic N) is 4. The van der Waals surface area contributed by atoms with Crippen molar-refractivity contribution in [1.82, 2.24) is 4.90 Å². The number of carboxylic acid groups (broad SMARTS) is 1. The normalized spacial score (nSPS) is 20.7. The van der Waals surface area contributed by atoms with Crippen LogP contribution in [0.15, 0.2) is 34.5 Å². The van der Waals surface area contributed by atoms with Crippen molar-refractivity contribution in [2.45, 2.75) is 25.8 Å². The molecule has 0 aromatic heterocycles. The average molecular weight is 316 g/mol. The van der Waals surface area contributed by atoms with Crippen LogP contribution in [-0.4, -0.2) is 47.9 Å². The summed E-state index contributed by atoms with van der Waals surface area (Å²) >= 11 is 0. The van der Waals surface area contributed by atoms with E-state index in [1.54, 1.807) is 29.2 Å². The minimum Gasteiger partial charge on any atom is -0.481 e. The second kappa shape index (κ2) is 7.04. The molecule has 2 atom stereocenters. The molecule has 1 aliphatic rings. The maximum atomic E-state index is 12.9. The second-order valence-corrected chi connectivity index (χ2v) is 5.51. The number of carbonyl (C=O) groups is 2. The molecule has 1 saturated heterocycles. The summed E-state index contributed by atoms with van der Waals surface area (Å²) in [6.45, 7) is 8.95. The van der Waals surface area contributed by atoms with Crippen molar-refractivity contribution in [1.29, 1.82) is 0 Å². The van der Waals surface area contributed by atoms with Crippen molar-refractivity contribution >= 4 is 31.0 Å². The van der Waals surface area contributed by atoms with E-state index >= 15 is 0 Å². The highest BCUT2D eigenvalue weighted by atomic mass is 16.4. The number of likely N-dealkylation sites (tertiary alicyclic amines) is 1. The molecule has 1 unspecified atom stereocenters. The third-order valence-electron chi connectivity index (χ3n) is 4.11. The van der Waals surface area contributed by atoms with E-state index in [1.807, 2.05) is 6.92 Å². The first-order valence-corrected chi connectivity index (χ1v) is 7.35. The minimum atomic E-state index is -0.870. The first-order chi connectivity index (χ1) is 11.0. The summed E-state index contributed by atoms with van der Waals surface area (Å²) in [5, 5.41) is 17.8. The summed E-state index contributed by atoms with van der Waals surface area (Å²) in [6.07, 6.45) is 1.24. The lowest BCUT2D eigenvalue weighted by Crippen LogP contribution is -2.47. The molecule has 1 heterocycles. The highest BCUT2D eigenvalue weighted by molar-refractivity contribution is 6.00. The van der Waals surface area contributed by atoms with Gasteiger partial charge in [-0.25, -0.2) is 0 Å². The van der Waals surface area contributed by atoms with Crippen molar-refractivity contribution in [3.8, 4) is 0 Å². The molecule has 0 bridgehead atoms. The number of aliphatic carboxylic acids is 1. The molecule has 1 aromatic rings. The summed E-state index contributed by atoms with van der Waals surface area (Å²) in [6, 6.07) is 6.84. The van der Waals surface area contributed by atoms with Crippen LogP contribution in [0.2, 0.25) is 0 Å². The van der Waals surface area contributed by atoms with E-state index in [0.717, 1.165) is 0 Å². The molecule has 0 aliphatic carbocycles. The summed E-state index contributed by atoms with van der Waals surface area (Å²) < 4.78 is 0. The number of piperidine rings is 1. The molecule has 7 nitrogen and oxygen atoms in total. The Labute approximate surface area is 134 Å². The van der Waals surface area contributed by atoms with Gasteiger partial charge in [0.25, 0.3) is 5.91 Å². The van der Waals surface area contributed by atoms with Gasteiger partial charge in [-0.1, -0.05) is 12.1 Å². The standard InChI is InChI=1S/C16H20N4O3/c1-11-8-9-12(16(22)23)10-19(11)15(21)13-6-4-5-7-14(13)20(17-2)18-3/h4-7,11-12H,2-3,8-10H2,1H3,(H,22,23)/t11-,12?/m1/s1. The van der Waals surface area contributed by atoms with E-state index < -0.39 is 11.9 Å². The Hall–Kier alpha value is -2.70. The zero-order valence-electron chi connectivity index (χ0n) is 13.1. The smallest absolute Gasteiger partial charge is 0.308 e. The van der Waals surface area contributed by atoms with Gasteiger partial charge in [0, 0.05) is 26.0 Å². The number of hydrazone groups is 2. The number of amides is 1. The molecular weight excluding hydrogens is 296 g/mol. The third kappa shape index (κ3) is 3.39. The average Bonchev–Trinajstić information content (AvgIpc) is 2.56. The number of hydrogen-bond donors (Lipinski definition) is 1. The van der Waals surface area contributed by atoms with Gasteiger partial charge in [0.1, 0.15) is 0 Å². The van der Waals surface area contributed by atoms with Crippen molar-refractivity contribution in [2.75, 3.05) is 11.7 Å². The Balaban J connectivity index is 2.34. The molecule has 1 aromatic carbocycles. The van der Waals surface area contributed by atoms with Crippen LogP contribution < -0.4 is 5.12 Å². The molecule has 23 heavy (non-hydrogen) atoms. The summed E-state index contributed by atoms with van der Waals surface area (Å²) in [7, 11) is 0. The highest BCUT2D eigenvalue weighted by Crippen LogP contribution is 2.28. The van der Waals surface area contributed by atoms with Crippen molar-refractivity contribution in [3.05, 3.63) is 29.8 Å². The molecule has 122 valence electrons. The Bertz CT molecular complexity index is 624. The highest BCUT2D eigenvalue weighted by Gasteiger charge is 2.34. The second-order valence-electron chi connectivity index (χ2n) is 5.51. The van der Waals surface area contributed by atoms with E-state index in [-0.39, 0.29) is 18.5 Å². The Morgan fingerprint density at radius 2 is 1.91 bits per heavy atom. The number of rotatable bonds is 5. The Morgan fingerprint density at radius 3 is 2.52 bits per heavy atom. The summed E-state index contributed by atoms with van der Waals surface area (Å²) in [4.78, 5) is 25.8. The van der Waals surface area contributed by atoms with Crippen molar-refractivity contribution < 1.29 is 14.7 Å². The molecule has 0 radical (unpaired) electrons. The van der Waals surface area contributed by atoms with Crippen LogP contribution in [0.25, 0.3) is 0 Å². The third-order valence-corrected chi connectivity index (χ3v) is 4.11. The predicted molar refractivity (Wildman–Crippen MR) is 88.9 cm³/mol. The van der Waals surface area contributed by atoms with Gasteiger partial charge in [0.05, 0.1) is 17.2 Å². The van der Waals surface area contributed by atoms with Crippen LogP contribution in [0.3, 0.4) is 0 Å². The number of para-hydroxylation sites is 1. The lowest BCUT2D eigenvalue weighted by atomic mass is 9.92. The van der Waals surface area contributed by atoms with Gasteiger partial charge in [0.15, 0.2) is 0 Å². The number of hydrogen-bond acceptors (Lipinski definition) is 5. The quantitative estimate of drug-likeness (QED) is 0.665. The molecule has 0 spiro atoms. The van der Waals surface area contributed by atoms with Crippen LogP contribution in [0.5, 0.6) is 0 Å². The van der Waals surface area contributed by atoms with Gasteiger partial charge in [-0.05, 0) is 31.9 Å². The van der Waals surface area contributed by atoms with Crippen LogP contribution >= 0.6 is 0 Å². The molecular formula is C16H20N4O3. The summed E-state index contributed by atoms with van der Waals surface area (Å²) in [5.41, 5.74) is 0.859. The van der Waals surface area contributed by atoms with Gasteiger partial charge < -0.3 is 10.0 Å². The van der Waals surface area contributed by atoms with Gasteiger partial charge in [0.2, 0.25) is 0 Å². The number of carboxylic acids is 1. The molecule has 7 heteroatoms. The van der Waals surface area contributed by atoms with Crippen molar-refractivity contribution in [3.63, 3.8) is 0 Å². The van der Waals surface area contributed by atoms with E-state index in [9.17, 15) is 14.7 Å². The van der Waals surface area contributed by atoms with Crippen LogP contribution in [-0.2, 0) is 4.79 Å². The van der Waals surface area contributed by atoms with E-state index in [0.29, 0.717) is 24.1 Å². The van der Waals surface area contributed by atoms with Gasteiger partial charge in [-0.15, -0.1) is 0 Å². The predicted octanol–water partition coefficient (Wildman–Crippen LogP) is 2.05. The van der Waals surface area contributed by atoms with Crippen LogP contribution in [0, 0.1) is 5.92 Å².